The predicted molar refractivity (Wildman–Crippen MR) is 140 cm³/mol. The number of carbonyl (C=O) groups is 1. The van der Waals surface area contributed by atoms with Gasteiger partial charge in [0.1, 0.15) is 0 Å². The minimum Gasteiger partial charge on any atom is -0.458 e. The first-order valence-corrected chi connectivity index (χ1v) is 14.7. The van der Waals surface area contributed by atoms with E-state index in [1.807, 2.05) is 0 Å². The molecule has 1 N–H and O–H groups in total. The molecule has 0 heterocycles. The van der Waals surface area contributed by atoms with Crippen LogP contribution in [0.4, 0.5) is 8.78 Å². The van der Waals surface area contributed by atoms with Gasteiger partial charge in [0, 0.05) is 5.56 Å². The molecule has 1 aliphatic carbocycles. The number of hydrogen-bond acceptors (Lipinski definition) is 4. The van der Waals surface area contributed by atoms with Crippen LogP contribution in [0.25, 0.3) is 0 Å². The summed E-state index contributed by atoms with van der Waals surface area (Å²) in [5, 5.41) is -4.45. The van der Waals surface area contributed by atoms with Gasteiger partial charge in [-0.2, -0.15) is 17.2 Å². The van der Waals surface area contributed by atoms with Gasteiger partial charge in [0.2, 0.25) is 0 Å². The van der Waals surface area contributed by atoms with Gasteiger partial charge in [-0.05, 0) is 50.1 Å². The fourth-order valence-corrected chi connectivity index (χ4v) is 6.43. The van der Waals surface area contributed by atoms with E-state index in [0.29, 0.717) is 12.8 Å². The Morgan fingerprint density at radius 3 is 1.86 bits per heavy atom. The van der Waals surface area contributed by atoms with Crippen LogP contribution in [0, 0.1) is 12.8 Å². The first kappa shape index (κ1) is 28.8. The lowest BCUT2D eigenvalue weighted by Gasteiger charge is -2.21. The summed E-state index contributed by atoms with van der Waals surface area (Å²) in [4.78, 5) is 15.5. The number of alkyl halides is 2. The second-order valence-corrected chi connectivity index (χ2v) is 12.3. The average Bonchev–Trinajstić information content (AvgIpc) is 2.90. The fourth-order valence-electron chi connectivity index (χ4n) is 3.97. The van der Waals surface area contributed by atoms with E-state index in [9.17, 15) is 22.0 Å². The van der Waals surface area contributed by atoms with E-state index in [1.54, 1.807) is 0 Å². The van der Waals surface area contributed by atoms with Gasteiger partial charge >= 0.3 is 21.3 Å². The Morgan fingerprint density at radius 1 is 0.892 bits per heavy atom. The zero-order valence-electron chi connectivity index (χ0n) is 20.6. The smallest absolute Gasteiger partial charge is 0.402 e. The molecule has 0 unspecified atom stereocenters. The number of carbonyl (C=O) groups excluding carboxylic acids is 1. The Labute approximate surface area is 220 Å². The molecule has 0 aromatic heterocycles. The summed E-state index contributed by atoms with van der Waals surface area (Å²) in [5.41, 5.74) is 1.35. The van der Waals surface area contributed by atoms with Crippen LogP contribution in [0.3, 0.4) is 0 Å². The molecule has 198 valence electrons. The van der Waals surface area contributed by atoms with Crippen molar-refractivity contribution in [1.29, 1.82) is 0 Å². The van der Waals surface area contributed by atoms with Gasteiger partial charge in [-0.1, -0.05) is 73.9 Å². The monoisotopic (exact) mass is 549 g/mol. The number of rotatable bonds is 7. The summed E-state index contributed by atoms with van der Waals surface area (Å²) in [7, 11) is -5.57. The first-order valence-electron chi connectivity index (χ1n) is 12.0. The zero-order valence-corrected chi connectivity index (χ0v) is 22.2. The van der Waals surface area contributed by atoms with Crippen LogP contribution in [0.2, 0.25) is 0 Å². The lowest BCUT2D eigenvalue weighted by molar-refractivity contribution is -0.155. The molecular weight excluding hydrogens is 518 g/mol. The van der Waals surface area contributed by atoms with Crippen LogP contribution in [0.5, 0.6) is 0 Å². The van der Waals surface area contributed by atoms with Gasteiger partial charge in [0.15, 0.2) is 21.3 Å². The van der Waals surface area contributed by atoms with Gasteiger partial charge in [-0.15, -0.1) is 0 Å². The molecule has 9 heteroatoms. The van der Waals surface area contributed by atoms with Crippen molar-refractivity contribution >= 4 is 27.0 Å². The molecule has 1 aliphatic rings. The number of ether oxygens (including phenoxy) is 1. The topological polar surface area (TPSA) is 80.7 Å². The molecule has 0 radical (unpaired) electrons. The minimum atomic E-state index is -5.54. The molecule has 37 heavy (non-hydrogen) atoms. The largest absolute Gasteiger partial charge is 0.458 e. The average molecular weight is 550 g/mol. The predicted octanol–water partition coefficient (Wildman–Crippen LogP) is 6.68. The zero-order chi connectivity index (χ0) is 26.9. The molecule has 5 nitrogen and oxygen atoms in total. The fraction of sp³-hybridized carbons (Fsp3) is 0.321. The van der Waals surface area contributed by atoms with Crippen molar-refractivity contribution in [3.8, 4) is 0 Å². The van der Waals surface area contributed by atoms with Crippen molar-refractivity contribution < 1.29 is 31.3 Å². The third-order valence-electron chi connectivity index (χ3n) is 5.97. The maximum atomic E-state index is 12.7. The third-order valence-corrected chi connectivity index (χ3v) is 9.23. The molecule has 1 fully saturated rings. The van der Waals surface area contributed by atoms with Crippen LogP contribution in [0.15, 0.2) is 99.6 Å². The van der Waals surface area contributed by atoms with Crippen LogP contribution in [0.1, 0.15) is 37.7 Å². The highest BCUT2D eigenvalue weighted by molar-refractivity contribution is 7.97. The first-order chi connectivity index (χ1) is 17.6. The second kappa shape index (κ2) is 13.2. The highest BCUT2D eigenvalue weighted by Gasteiger charge is 2.46. The van der Waals surface area contributed by atoms with Gasteiger partial charge in [-0.25, -0.2) is 0 Å². The molecular formula is C28H31F2O5S2+. The second-order valence-electron chi connectivity index (χ2n) is 8.75. The highest BCUT2D eigenvalue weighted by Crippen LogP contribution is 2.32. The Kier molecular flexibility index (Phi) is 10.3. The molecule has 0 amide bonds. The number of hydrogen-bond donors (Lipinski definition) is 1. The van der Waals surface area contributed by atoms with Crippen molar-refractivity contribution in [1.82, 2.24) is 0 Å². The van der Waals surface area contributed by atoms with Crippen molar-refractivity contribution in [3.63, 3.8) is 0 Å². The quantitative estimate of drug-likeness (QED) is 0.202. The van der Waals surface area contributed by atoms with E-state index in [2.05, 4.69) is 96.6 Å². The summed E-state index contributed by atoms with van der Waals surface area (Å²) in [6, 6.07) is 30.2. The molecule has 3 aromatic rings. The molecule has 4 rings (SSSR count). The standard InChI is InChI=1S/C19H17S.C9H14F2O5S/c1-16-10-8-9-15-19(16)20(17-11-4-2-5-12-17)18-13-6-3-7-14-18;10-9(11,17(13,14)15)6-16-8(12)7-4-2-1-3-5-7/h2-15H,1H3;7H,1-6H2,(H,13,14,15)/q+1;. The summed E-state index contributed by atoms with van der Waals surface area (Å²) in [6.45, 7) is 0.558. The Hall–Kier alpha value is -2.75. The molecule has 3 aromatic carbocycles. The van der Waals surface area contributed by atoms with E-state index < -0.39 is 33.9 Å². The minimum absolute atomic E-state index is 0.0262. The van der Waals surface area contributed by atoms with Crippen LogP contribution in [-0.4, -0.2) is 30.8 Å². The van der Waals surface area contributed by atoms with E-state index in [0.717, 1.165) is 19.3 Å². The van der Waals surface area contributed by atoms with E-state index >= 15 is 0 Å². The van der Waals surface area contributed by atoms with Crippen LogP contribution < -0.4 is 0 Å². The van der Waals surface area contributed by atoms with Crippen LogP contribution >= 0.6 is 0 Å². The number of aryl methyl sites for hydroxylation is 1. The van der Waals surface area contributed by atoms with Crippen molar-refractivity contribution in [2.75, 3.05) is 6.61 Å². The lowest BCUT2D eigenvalue weighted by Crippen LogP contribution is -2.35. The SMILES string of the molecule is Cc1ccccc1[S+](c1ccccc1)c1ccccc1.O=C(OCC(F)(F)S(=O)(=O)O)C1CCCCC1. The summed E-state index contributed by atoms with van der Waals surface area (Å²) >= 11 is 0. The Balaban J connectivity index is 0.000000209. The number of benzene rings is 3. The van der Waals surface area contributed by atoms with Crippen LogP contribution in [-0.2, 0) is 30.5 Å². The molecule has 0 atom stereocenters. The molecule has 1 saturated carbocycles. The van der Waals surface area contributed by atoms with Gasteiger partial charge in [0.25, 0.3) is 0 Å². The van der Waals surface area contributed by atoms with Gasteiger partial charge in [0.05, 0.1) is 16.8 Å². The van der Waals surface area contributed by atoms with Crippen molar-refractivity contribution in [2.24, 2.45) is 5.92 Å². The number of halogens is 2. The van der Waals surface area contributed by atoms with E-state index in [-0.39, 0.29) is 10.9 Å². The lowest BCUT2D eigenvalue weighted by atomic mass is 9.89. The summed E-state index contributed by atoms with van der Waals surface area (Å²) < 4.78 is 58.4. The number of esters is 1. The van der Waals surface area contributed by atoms with E-state index in [4.69, 9.17) is 4.55 Å². The van der Waals surface area contributed by atoms with Crippen molar-refractivity contribution in [3.05, 3.63) is 90.5 Å². The third kappa shape index (κ3) is 8.12. The Morgan fingerprint density at radius 2 is 1.38 bits per heavy atom. The molecule has 0 bridgehead atoms. The van der Waals surface area contributed by atoms with E-state index in [1.165, 1.54) is 20.2 Å². The Bertz CT molecular complexity index is 1210. The van der Waals surface area contributed by atoms with Gasteiger partial charge < -0.3 is 4.74 Å². The van der Waals surface area contributed by atoms with Crippen molar-refractivity contribution in [2.45, 2.75) is 59.0 Å². The highest BCUT2D eigenvalue weighted by atomic mass is 32.2. The molecule has 0 aliphatic heterocycles. The maximum Gasteiger partial charge on any atom is 0.402 e. The van der Waals surface area contributed by atoms with Gasteiger partial charge in [-0.3, -0.25) is 9.35 Å². The molecule has 0 saturated heterocycles. The summed E-state index contributed by atoms with van der Waals surface area (Å²) in [5.74, 6) is -1.27. The normalized spacial score (nSPS) is 14.5. The summed E-state index contributed by atoms with van der Waals surface area (Å²) in [6.07, 6.45) is 3.78. The maximum absolute atomic E-state index is 12.7. The molecule has 0 spiro atoms.